The first-order chi connectivity index (χ1) is 15.7. The molecule has 0 unspecified atom stereocenters. The van der Waals surface area contributed by atoms with Crippen LogP contribution in [0.15, 0.2) is 47.4 Å². The van der Waals surface area contributed by atoms with E-state index in [1.165, 1.54) is 31.5 Å². The highest BCUT2D eigenvalue weighted by Crippen LogP contribution is 2.46. The fourth-order valence-electron chi connectivity index (χ4n) is 4.20. The first-order valence-corrected chi connectivity index (χ1v) is 10.6. The van der Waals surface area contributed by atoms with Crippen LogP contribution in [0.1, 0.15) is 54.7 Å². The number of primary amides is 1. The minimum absolute atomic E-state index is 0.0998. The summed E-state index contributed by atoms with van der Waals surface area (Å²) in [6, 6.07) is 8.85. The van der Waals surface area contributed by atoms with Gasteiger partial charge in [-0.2, -0.15) is 0 Å². The number of pyridine rings is 2. The Bertz CT molecular complexity index is 1200. The molecule has 0 aliphatic heterocycles. The van der Waals surface area contributed by atoms with Crippen LogP contribution in [-0.2, 0) is 0 Å². The number of benzene rings is 1. The molecule has 3 N–H and O–H groups in total. The van der Waals surface area contributed by atoms with E-state index < -0.39 is 29.1 Å². The highest BCUT2D eigenvalue weighted by Gasteiger charge is 2.44. The zero-order chi connectivity index (χ0) is 24.2. The van der Waals surface area contributed by atoms with Gasteiger partial charge in [-0.05, 0) is 37.5 Å². The van der Waals surface area contributed by atoms with Crippen molar-refractivity contribution in [2.45, 2.75) is 44.4 Å². The number of aromatic nitrogens is 2. The van der Waals surface area contributed by atoms with Gasteiger partial charge in [0.25, 0.3) is 11.8 Å². The molecular formula is C24H26F3N3O3. The van der Waals surface area contributed by atoms with Gasteiger partial charge in [0.05, 0.1) is 18.0 Å². The average Bonchev–Trinajstić information content (AvgIpc) is 2.78. The Morgan fingerprint density at radius 1 is 1.27 bits per heavy atom. The normalized spacial score (nSPS) is 19.4. The fourth-order valence-corrected chi connectivity index (χ4v) is 4.20. The molecule has 2 aromatic heterocycles. The van der Waals surface area contributed by atoms with Crippen LogP contribution in [0.5, 0.6) is 5.75 Å². The number of H-pyrrole nitrogens is 1. The summed E-state index contributed by atoms with van der Waals surface area (Å²) in [4.78, 5) is 30.7. The molecule has 2 atom stereocenters. The fraction of sp³-hybridized carbons (Fsp3) is 0.375. The number of ether oxygens (including phenoxy) is 1. The van der Waals surface area contributed by atoms with E-state index in [0.717, 1.165) is 0 Å². The van der Waals surface area contributed by atoms with Gasteiger partial charge >= 0.3 is 0 Å². The summed E-state index contributed by atoms with van der Waals surface area (Å²) in [6.45, 7) is 1.77. The first-order valence-electron chi connectivity index (χ1n) is 10.6. The molecule has 33 heavy (non-hydrogen) atoms. The molecule has 176 valence electrons. The van der Waals surface area contributed by atoms with Crippen molar-refractivity contribution in [2.24, 2.45) is 11.7 Å². The maximum atomic E-state index is 14.2. The number of alkyl halides is 2. The summed E-state index contributed by atoms with van der Waals surface area (Å²) < 4.78 is 45.5. The van der Waals surface area contributed by atoms with Crippen LogP contribution in [0.25, 0.3) is 10.9 Å². The largest absolute Gasteiger partial charge is 0.497 e. The smallest absolute Gasteiger partial charge is 0.268 e. The highest BCUT2D eigenvalue weighted by atomic mass is 19.3. The number of carbonyl (C=O) groups is 1. The average molecular weight is 461 g/mol. The van der Waals surface area contributed by atoms with Crippen molar-refractivity contribution >= 4 is 16.8 Å². The van der Waals surface area contributed by atoms with Crippen LogP contribution in [0.4, 0.5) is 13.2 Å². The molecule has 1 amide bonds. The first kappa shape index (κ1) is 24.3. The zero-order valence-corrected chi connectivity index (χ0v) is 18.4. The van der Waals surface area contributed by atoms with Crippen molar-refractivity contribution in [2.75, 3.05) is 7.11 Å². The Labute approximate surface area is 189 Å². The van der Waals surface area contributed by atoms with Gasteiger partial charge in [0, 0.05) is 42.3 Å². The third-order valence-electron chi connectivity index (χ3n) is 5.94. The molecule has 0 saturated heterocycles. The van der Waals surface area contributed by atoms with Crippen LogP contribution >= 0.6 is 0 Å². The second-order valence-corrected chi connectivity index (χ2v) is 8.04. The minimum atomic E-state index is -2.74. The number of rotatable bonds is 4. The van der Waals surface area contributed by atoms with E-state index in [1.807, 2.05) is 0 Å². The summed E-state index contributed by atoms with van der Waals surface area (Å²) in [7, 11) is 1.51. The van der Waals surface area contributed by atoms with Crippen molar-refractivity contribution in [1.82, 2.24) is 9.97 Å². The molecular weight excluding hydrogens is 435 g/mol. The maximum absolute atomic E-state index is 14.2. The molecule has 0 bridgehead atoms. The van der Waals surface area contributed by atoms with E-state index in [4.69, 9.17) is 10.5 Å². The minimum Gasteiger partial charge on any atom is -0.497 e. The van der Waals surface area contributed by atoms with Gasteiger partial charge in [-0.15, -0.1) is 0 Å². The molecule has 1 saturated carbocycles. The van der Waals surface area contributed by atoms with Crippen LogP contribution < -0.4 is 15.9 Å². The standard InChI is InChI=1S/C17H19F2N3O2.C7H7FO/c1-2-10-4-3-9(8-17(10,18)19)12-7-13(23)14-11(22-12)5-6-21-15(14)16(20)24;1-9-7-4-2-3-6(8)5-7/h5-7,9-10H,2-4,8H2,1H3,(H2,20,24)(H,22,23);2-5H,1H3/t9-,10+;/m0./s1. The van der Waals surface area contributed by atoms with Crippen LogP contribution in [0.3, 0.4) is 0 Å². The topological polar surface area (TPSA) is 98.1 Å². The predicted octanol–water partition coefficient (Wildman–Crippen LogP) is 4.79. The predicted molar refractivity (Wildman–Crippen MR) is 119 cm³/mol. The maximum Gasteiger partial charge on any atom is 0.268 e. The lowest BCUT2D eigenvalue weighted by Gasteiger charge is -2.35. The molecule has 6 nitrogen and oxygen atoms in total. The van der Waals surface area contributed by atoms with Crippen molar-refractivity contribution in [3.63, 3.8) is 0 Å². The van der Waals surface area contributed by atoms with Gasteiger partial charge in [0.15, 0.2) is 5.43 Å². The number of hydrogen-bond donors (Lipinski definition) is 2. The summed E-state index contributed by atoms with van der Waals surface area (Å²) in [5.41, 5.74) is 5.57. The van der Waals surface area contributed by atoms with Crippen LogP contribution in [0, 0.1) is 11.7 Å². The summed E-state index contributed by atoms with van der Waals surface area (Å²) in [6.07, 6.45) is 2.56. The van der Waals surface area contributed by atoms with E-state index in [9.17, 15) is 22.8 Å². The second kappa shape index (κ2) is 10.1. The number of fused-ring (bicyclic) bond motifs is 1. The third kappa shape index (κ3) is 5.53. The van der Waals surface area contributed by atoms with E-state index in [0.29, 0.717) is 36.2 Å². The lowest BCUT2D eigenvalue weighted by molar-refractivity contribution is -0.0931. The number of methoxy groups -OCH3 is 1. The lowest BCUT2D eigenvalue weighted by atomic mass is 9.76. The summed E-state index contributed by atoms with van der Waals surface area (Å²) in [5.74, 6) is -4.27. The van der Waals surface area contributed by atoms with Gasteiger partial charge in [0.1, 0.15) is 17.3 Å². The number of aromatic amines is 1. The highest BCUT2D eigenvalue weighted by molar-refractivity contribution is 6.03. The van der Waals surface area contributed by atoms with Crippen molar-refractivity contribution < 1.29 is 22.7 Å². The Kier molecular flexibility index (Phi) is 7.40. The summed E-state index contributed by atoms with van der Waals surface area (Å²) in [5, 5.41) is 0.0998. The number of nitrogens with one attached hydrogen (secondary N) is 1. The molecule has 0 radical (unpaired) electrons. The molecule has 9 heteroatoms. The number of nitrogens with two attached hydrogens (primary N) is 1. The van der Waals surface area contributed by atoms with Gasteiger partial charge in [-0.3, -0.25) is 14.6 Å². The van der Waals surface area contributed by atoms with Crippen molar-refractivity contribution in [1.29, 1.82) is 0 Å². The molecule has 3 aromatic rings. The summed E-state index contributed by atoms with van der Waals surface area (Å²) >= 11 is 0. The molecule has 1 aliphatic rings. The quantitative estimate of drug-likeness (QED) is 0.584. The van der Waals surface area contributed by atoms with Crippen molar-refractivity contribution in [3.05, 3.63) is 70.0 Å². The van der Waals surface area contributed by atoms with Gasteiger partial charge < -0.3 is 15.5 Å². The number of amides is 1. The molecule has 0 spiro atoms. The monoisotopic (exact) mass is 461 g/mol. The Morgan fingerprint density at radius 2 is 2.03 bits per heavy atom. The van der Waals surface area contributed by atoms with E-state index in [-0.39, 0.29) is 23.3 Å². The molecule has 1 aliphatic carbocycles. The number of hydrogen-bond acceptors (Lipinski definition) is 4. The Hall–Kier alpha value is -3.36. The molecule has 2 heterocycles. The van der Waals surface area contributed by atoms with Crippen LogP contribution in [-0.4, -0.2) is 28.9 Å². The van der Waals surface area contributed by atoms with Gasteiger partial charge in [-0.25, -0.2) is 13.2 Å². The Balaban J connectivity index is 0.000000286. The SMILES string of the molecule is CC[C@@H]1CC[C@H](c2cc(=O)c3c(C(N)=O)nccc3[nH]2)CC1(F)F.COc1cccc(F)c1. The molecule has 1 fully saturated rings. The van der Waals surface area contributed by atoms with E-state index in [1.54, 1.807) is 25.1 Å². The number of carbonyl (C=O) groups excluding carboxylic acids is 1. The van der Waals surface area contributed by atoms with Gasteiger partial charge in [0.2, 0.25) is 0 Å². The van der Waals surface area contributed by atoms with Crippen LogP contribution in [0.2, 0.25) is 0 Å². The van der Waals surface area contributed by atoms with Crippen molar-refractivity contribution in [3.8, 4) is 5.75 Å². The Morgan fingerprint density at radius 3 is 2.61 bits per heavy atom. The molecule has 1 aromatic carbocycles. The van der Waals surface area contributed by atoms with Gasteiger partial charge in [-0.1, -0.05) is 13.0 Å². The van der Waals surface area contributed by atoms with E-state index >= 15 is 0 Å². The lowest BCUT2D eigenvalue weighted by Crippen LogP contribution is -2.35. The number of halogens is 3. The van der Waals surface area contributed by atoms with E-state index in [2.05, 4.69) is 9.97 Å². The zero-order valence-electron chi connectivity index (χ0n) is 18.4. The second-order valence-electron chi connectivity index (χ2n) is 8.04. The molecule has 4 rings (SSSR count). The third-order valence-corrected chi connectivity index (χ3v) is 5.94. The number of nitrogens with zero attached hydrogens (tertiary/aromatic N) is 1.